The highest BCUT2D eigenvalue weighted by Gasteiger charge is 2.23. The summed E-state index contributed by atoms with van der Waals surface area (Å²) in [6.45, 7) is 2.37. The van der Waals surface area contributed by atoms with E-state index in [1.165, 1.54) is 19.3 Å². The Morgan fingerprint density at radius 2 is 1.88 bits per heavy atom. The predicted octanol–water partition coefficient (Wildman–Crippen LogP) is 5.68. The van der Waals surface area contributed by atoms with Crippen molar-refractivity contribution >= 4 is 5.78 Å². The van der Waals surface area contributed by atoms with Gasteiger partial charge in [-0.15, -0.1) is 0 Å². The molecule has 1 heterocycles. The van der Waals surface area contributed by atoms with Gasteiger partial charge in [0.05, 0.1) is 0 Å². The van der Waals surface area contributed by atoms with Gasteiger partial charge in [0.1, 0.15) is 18.2 Å². The van der Waals surface area contributed by atoms with Crippen LogP contribution in [0.1, 0.15) is 56.1 Å². The van der Waals surface area contributed by atoms with Gasteiger partial charge in [-0.05, 0) is 60.8 Å². The zero-order valence-corrected chi connectivity index (χ0v) is 15.3. The Morgan fingerprint density at radius 3 is 2.62 bits per heavy atom. The van der Waals surface area contributed by atoms with Crippen molar-refractivity contribution in [3.63, 3.8) is 0 Å². The molecule has 2 aromatic rings. The van der Waals surface area contributed by atoms with E-state index in [9.17, 15) is 9.18 Å². The van der Waals surface area contributed by atoms with E-state index in [1.807, 2.05) is 24.3 Å². The van der Waals surface area contributed by atoms with Crippen LogP contribution in [0, 0.1) is 11.7 Å². The van der Waals surface area contributed by atoms with Gasteiger partial charge in [0.2, 0.25) is 0 Å². The van der Waals surface area contributed by atoms with Gasteiger partial charge < -0.3 is 4.74 Å². The number of benzene rings is 2. The zero-order valence-electron chi connectivity index (χ0n) is 15.3. The van der Waals surface area contributed by atoms with Crippen LogP contribution in [0.4, 0.5) is 4.39 Å². The molecule has 2 nitrogen and oxygen atoms in total. The molecule has 0 spiro atoms. The fourth-order valence-electron chi connectivity index (χ4n) is 4.35. The minimum absolute atomic E-state index is 0.0820. The molecule has 3 heteroatoms. The molecule has 2 aromatic carbocycles. The lowest BCUT2D eigenvalue weighted by molar-refractivity contribution is -0.121. The van der Waals surface area contributed by atoms with E-state index >= 15 is 0 Å². The number of carbonyl (C=O) groups excluding carboxylic acids is 1. The Hall–Kier alpha value is -2.16. The molecule has 1 aliphatic carbocycles. The number of hydrogen-bond donors (Lipinski definition) is 0. The zero-order chi connectivity index (χ0) is 18.1. The van der Waals surface area contributed by atoms with Crippen molar-refractivity contribution < 1.29 is 13.9 Å². The molecular weight excluding hydrogens is 327 g/mol. The lowest BCUT2D eigenvalue weighted by Gasteiger charge is -2.28. The van der Waals surface area contributed by atoms with Crippen molar-refractivity contribution in [1.29, 1.82) is 0 Å². The average Bonchev–Trinajstić information content (AvgIpc) is 2.67. The number of halogens is 1. The van der Waals surface area contributed by atoms with Crippen LogP contribution in [0.2, 0.25) is 0 Å². The highest BCUT2D eigenvalue weighted by Crippen LogP contribution is 2.38. The van der Waals surface area contributed by atoms with Crippen molar-refractivity contribution in [3.05, 3.63) is 53.3 Å². The maximum Gasteiger partial charge on any atom is 0.174 e. The van der Waals surface area contributed by atoms with Crippen LogP contribution in [0.25, 0.3) is 11.1 Å². The second-order valence-electron chi connectivity index (χ2n) is 7.69. The second kappa shape index (κ2) is 7.22. The van der Waals surface area contributed by atoms with Crippen molar-refractivity contribution in [1.82, 2.24) is 0 Å². The first kappa shape index (κ1) is 17.3. The predicted molar refractivity (Wildman–Crippen MR) is 101 cm³/mol. The highest BCUT2D eigenvalue weighted by atomic mass is 19.1. The molecule has 0 radical (unpaired) electrons. The normalized spacial score (nSPS) is 22.6. The quantitative estimate of drug-likeness (QED) is 0.710. The van der Waals surface area contributed by atoms with Gasteiger partial charge in [-0.3, -0.25) is 4.79 Å². The lowest BCUT2D eigenvalue weighted by Crippen LogP contribution is -2.20. The first-order chi connectivity index (χ1) is 12.6. The molecule has 0 bridgehead atoms. The summed E-state index contributed by atoms with van der Waals surface area (Å²) in [7, 11) is 0. The fourth-order valence-corrected chi connectivity index (χ4v) is 4.35. The topological polar surface area (TPSA) is 26.3 Å². The molecule has 0 amide bonds. The van der Waals surface area contributed by atoms with Gasteiger partial charge in [0.25, 0.3) is 0 Å². The minimum Gasteiger partial charge on any atom is -0.486 e. The molecular formula is C23H25FO2. The summed E-state index contributed by atoms with van der Waals surface area (Å²) >= 11 is 0. The standard InChI is InChI=1S/C23H25FO2/c1-2-15-3-5-16(6-4-15)17-9-10-21(22(24)12-17)18-7-8-19-11-20(25)14-26-23(19)13-18/h7-10,12-13,15-16H,2-6,11,14H2,1H3. The van der Waals surface area contributed by atoms with E-state index < -0.39 is 0 Å². The molecule has 1 aliphatic heterocycles. The summed E-state index contributed by atoms with van der Waals surface area (Å²) in [6, 6.07) is 11.3. The summed E-state index contributed by atoms with van der Waals surface area (Å²) in [6.07, 6.45) is 6.50. The number of fused-ring (bicyclic) bond motifs is 1. The highest BCUT2D eigenvalue weighted by molar-refractivity contribution is 5.85. The van der Waals surface area contributed by atoms with Crippen LogP contribution in [0.3, 0.4) is 0 Å². The maximum atomic E-state index is 14.8. The molecule has 0 aromatic heterocycles. The summed E-state index contributed by atoms with van der Waals surface area (Å²) < 4.78 is 20.3. The van der Waals surface area contributed by atoms with Crippen LogP contribution >= 0.6 is 0 Å². The molecule has 0 atom stereocenters. The third-order valence-electron chi connectivity index (χ3n) is 6.04. The number of carbonyl (C=O) groups is 1. The van der Waals surface area contributed by atoms with E-state index in [4.69, 9.17) is 4.74 Å². The Labute approximate surface area is 154 Å². The van der Waals surface area contributed by atoms with Gasteiger partial charge in [-0.1, -0.05) is 37.6 Å². The number of ketones is 1. The Morgan fingerprint density at radius 1 is 1.08 bits per heavy atom. The third-order valence-corrected chi connectivity index (χ3v) is 6.04. The number of rotatable bonds is 3. The number of ether oxygens (including phenoxy) is 1. The first-order valence-electron chi connectivity index (χ1n) is 9.71. The number of Topliss-reactive ketones (excluding diaryl/α,β-unsaturated/α-hetero) is 1. The Kier molecular flexibility index (Phi) is 4.80. The summed E-state index contributed by atoms with van der Waals surface area (Å²) in [5.41, 5.74) is 3.41. The van der Waals surface area contributed by atoms with Crippen LogP contribution in [-0.2, 0) is 11.2 Å². The smallest absolute Gasteiger partial charge is 0.174 e. The molecule has 0 unspecified atom stereocenters. The van der Waals surface area contributed by atoms with Crippen molar-refractivity contribution in [3.8, 4) is 16.9 Å². The summed E-state index contributed by atoms with van der Waals surface area (Å²) in [5.74, 6) is 1.94. The van der Waals surface area contributed by atoms with E-state index in [1.54, 1.807) is 6.07 Å². The van der Waals surface area contributed by atoms with Crippen LogP contribution in [-0.4, -0.2) is 12.4 Å². The Bertz CT molecular complexity index is 819. The monoisotopic (exact) mass is 352 g/mol. The third kappa shape index (κ3) is 3.40. The maximum absolute atomic E-state index is 14.8. The van der Waals surface area contributed by atoms with Gasteiger partial charge in [0, 0.05) is 17.5 Å². The van der Waals surface area contributed by atoms with Crippen molar-refractivity contribution in [2.24, 2.45) is 5.92 Å². The molecule has 136 valence electrons. The van der Waals surface area contributed by atoms with Gasteiger partial charge in [0.15, 0.2) is 5.78 Å². The molecule has 26 heavy (non-hydrogen) atoms. The largest absolute Gasteiger partial charge is 0.486 e. The van der Waals surface area contributed by atoms with Crippen LogP contribution in [0.5, 0.6) is 5.75 Å². The van der Waals surface area contributed by atoms with E-state index in [2.05, 4.69) is 13.0 Å². The molecule has 1 fully saturated rings. The van der Waals surface area contributed by atoms with Crippen LogP contribution in [0.15, 0.2) is 36.4 Å². The van der Waals surface area contributed by atoms with E-state index in [0.717, 1.165) is 35.4 Å². The van der Waals surface area contributed by atoms with Gasteiger partial charge in [-0.2, -0.15) is 0 Å². The molecule has 1 saturated carbocycles. The SMILES string of the molecule is CCC1CCC(c2ccc(-c3ccc4c(c3)OCC(=O)C4)c(F)c2)CC1. The minimum atomic E-state index is -0.174. The lowest BCUT2D eigenvalue weighted by atomic mass is 9.77. The number of hydrogen-bond acceptors (Lipinski definition) is 2. The van der Waals surface area contributed by atoms with Crippen molar-refractivity contribution in [2.45, 2.75) is 51.4 Å². The Balaban J connectivity index is 1.56. The first-order valence-corrected chi connectivity index (χ1v) is 9.71. The molecule has 0 N–H and O–H groups in total. The second-order valence-corrected chi connectivity index (χ2v) is 7.69. The molecule has 4 rings (SSSR count). The van der Waals surface area contributed by atoms with E-state index in [0.29, 0.717) is 23.7 Å². The molecule has 0 saturated heterocycles. The van der Waals surface area contributed by atoms with E-state index in [-0.39, 0.29) is 18.2 Å². The average molecular weight is 352 g/mol. The van der Waals surface area contributed by atoms with Crippen molar-refractivity contribution in [2.75, 3.05) is 6.61 Å². The fraction of sp³-hybridized carbons (Fsp3) is 0.435. The molecule has 2 aliphatic rings. The van der Waals surface area contributed by atoms with Gasteiger partial charge in [-0.25, -0.2) is 4.39 Å². The summed E-state index contributed by atoms with van der Waals surface area (Å²) in [5, 5.41) is 0. The van der Waals surface area contributed by atoms with Crippen LogP contribution < -0.4 is 4.74 Å². The summed E-state index contributed by atoms with van der Waals surface area (Å²) in [4.78, 5) is 11.5. The van der Waals surface area contributed by atoms with Gasteiger partial charge >= 0.3 is 0 Å².